The van der Waals surface area contributed by atoms with E-state index in [-0.39, 0.29) is 30.0 Å². The van der Waals surface area contributed by atoms with Crippen molar-refractivity contribution in [2.24, 2.45) is 0 Å². The van der Waals surface area contributed by atoms with E-state index in [9.17, 15) is 19.7 Å². The molecule has 1 aromatic carbocycles. The number of hydrogen-bond acceptors (Lipinski definition) is 6. The first-order valence-corrected chi connectivity index (χ1v) is 8.27. The first kappa shape index (κ1) is 19.0. The van der Waals surface area contributed by atoms with Gasteiger partial charge in [0.1, 0.15) is 0 Å². The van der Waals surface area contributed by atoms with Crippen LogP contribution in [0.2, 0.25) is 0 Å². The maximum Gasteiger partial charge on any atom is 0.316 e. The Labute approximate surface area is 138 Å². The number of thioether (sulfide) groups is 1. The van der Waals surface area contributed by atoms with Gasteiger partial charge in [-0.25, -0.2) is 0 Å². The monoisotopic (exact) mass is 340 g/mol. The largest absolute Gasteiger partial charge is 0.455 e. The highest BCUT2D eigenvalue weighted by atomic mass is 32.2. The molecule has 0 heterocycles. The Bertz CT molecular complexity index is 543. The van der Waals surface area contributed by atoms with Crippen molar-refractivity contribution in [2.75, 3.05) is 12.4 Å². The molecule has 0 fully saturated rings. The van der Waals surface area contributed by atoms with Crippen LogP contribution in [0.15, 0.2) is 29.2 Å². The van der Waals surface area contributed by atoms with Crippen LogP contribution in [-0.2, 0) is 14.3 Å². The third-order valence-electron chi connectivity index (χ3n) is 3.12. The summed E-state index contributed by atoms with van der Waals surface area (Å²) >= 11 is 1.19. The van der Waals surface area contributed by atoms with Gasteiger partial charge in [-0.1, -0.05) is 13.8 Å². The molecule has 1 aromatic rings. The van der Waals surface area contributed by atoms with Crippen LogP contribution in [0.5, 0.6) is 0 Å². The first-order valence-electron chi connectivity index (χ1n) is 7.28. The smallest absolute Gasteiger partial charge is 0.316 e. The van der Waals surface area contributed by atoms with Crippen LogP contribution in [0.1, 0.15) is 26.7 Å². The number of esters is 1. The molecule has 0 saturated heterocycles. The normalized spacial score (nSPS) is 10.4. The molecule has 0 bridgehead atoms. The van der Waals surface area contributed by atoms with Crippen molar-refractivity contribution < 1.29 is 19.2 Å². The summed E-state index contributed by atoms with van der Waals surface area (Å²) in [6, 6.07) is 5.97. The number of rotatable bonds is 9. The van der Waals surface area contributed by atoms with Crippen LogP contribution in [0.3, 0.4) is 0 Å². The average molecular weight is 340 g/mol. The zero-order valence-corrected chi connectivity index (χ0v) is 13.9. The molecule has 0 spiro atoms. The second-order valence-electron chi connectivity index (χ2n) is 4.78. The molecular weight excluding hydrogens is 320 g/mol. The second kappa shape index (κ2) is 9.83. The van der Waals surface area contributed by atoms with Crippen LogP contribution in [0.4, 0.5) is 5.69 Å². The number of nitro benzene ring substituents is 1. The number of carbonyl (C=O) groups excluding carboxylic acids is 2. The zero-order chi connectivity index (χ0) is 17.2. The third kappa shape index (κ3) is 7.14. The lowest BCUT2D eigenvalue weighted by Gasteiger charge is -2.14. The summed E-state index contributed by atoms with van der Waals surface area (Å²) in [5.74, 6) is -0.781. The lowest BCUT2D eigenvalue weighted by Crippen LogP contribution is -2.37. The van der Waals surface area contributed by atoms with Crippen molar-refractivity contribution in [3.8, 4) is 0 Å². The van der Waals surface area contributed by atoms with Crippen molar-refractivity contribution in [2.45, 2.75) is 37.6 Å². The minimum atomic E-state index is -0.506. The van der Waals surface area contributed by atoms with Crippen LogP contribution in [0, 0.1) is 10.1 Å². The number of ether oxygens (including phenoxy) is 1. The maximum absolute atomic E-state index is 11.6. The van der Waals surface area contributed by atoms with Crippen molar-refractivity contribution >= 4 is 29.3 Å². The quantitative estimate of drug-likeness (QED) is 0.321. The lowest BCUT2D eigenvalue weighted by molar-refractivity contribution is -0.384. The van der Waals surface area contributed by atoms with Gasteiger partial charge < -0.3 is 10.1 Å². The van der Waals surface area contributed by atoms with Crippen LogP contribution in [0.25, 0.3) is 0 Å². The second-order valence-corrected chi connectivity index (χ2v) is 5.83. The van der Waals surface area contributed by atoms with Gasteiger partial charge in [0.2, 0.25) is 0 Å². The topological polar surface area (TPSA) is 98.5 Å². The van der Waals surface area contributed by atoms with E-state index < -0.39 is 10.9 Å². The molecule has 0 aliphatic carbocycles. The number of nitro groups is 1. The van der Waals surface area contributed by atoms with Gasteiger partial charge >= 0.3 is 5.97 Å². The van der Waals surface area contributed by atoms with Crippen molar-refractivity contribution in [1.29, 1.82) is 0 Å². The third-order valence-corrected chi connectivity index (χ3v) is 4.10. The Morgan fingerprint density at radius 3 is 2.39 bits per heavy atom. The summed E-state index contributed by atoms with van der Waals surface area (Å²) in [7, 11) is 0. The van der Waals surface area contributed by atoms with Gasteiger partial charge in [0.15, 0.2) is 6.61 Å². The van der Waals surface area contributed by atoms with Gasteiger partial charge in [-0.15, -0.1) is 11.8 Å². The zero-order valence-electron chi connectivity index (χ0n) is 13.1. The summed E-state index contributed by atoms with van der Waals surface area (Å²) in [5.41, 5.74) is -0.00463. The van der Waals surface area contributed by atoms with Crippen LogP contribution >= 0.6 is 11.8 Å². The Balaban J connectivity index is 2.31. The molecule has 8 heteroatoms. The van der Waals surface area contributed by atoms with E-state index in [1.165, 1.54) is 23.9 Å². The number of non-ortho nitro benzene ring substituents is 1. The Morgan fingerprint density at radius 2 is 1.87 bits per heavy atom. The number of amides is 1. The van der Waals surface area contributed by atoms with E-state index in [0.717, 1.165) is 12.8 Å². The van der Waals surface area contributed by atoms with Gasteiger partial charge in [0, 0.05) is 23.1 Å². The molecule has 126 valence electrons. The van der Waals surface area contributed by atoms with E-state index >= 15 is 0 Å². The molecule has 23 heavy (non-hydrogen) atoms. The van der Waals surface area contributed by atoms with E-state index in [0.29, 0.717) is 4.90 Å². The van der Waals surface area contributed by atoms with E-state index in [1.54, 1.807) is 12.1 Å². The molecule has 0 aromatic heterocycles. The summed E-state index contributed by atoms with van der Waals surface area (Å²) in [4.78, 5) is 33.9. The molecule has 0 aliphatic heterocycles. The molecule has 0 unspecified atom stereocenters. The molecular formula is C15H20N2O5S. The standard InChI is InChI=1S/C15H20N2O5S/c1-3-11(4-2)16-14(18)9-22-15(19)10-23-13-7-5-12(6-8-13)17(20)21/h5-8,11H,3-4,9-10H2,1-2H3,(H,16,18). The summed E-state index contributed by atoms with van der Waals surface area (Å²) in [5, 5.41) is 13.3. The molecule has 0 saturated carbocycles. The molecule has 0 radical (unpaired) electrons. The molecule has 0 atom stereocenters. The highest BCUT2D eigenvalue weighted by molar-refractivity contribution is 8.00. The minimum absolute atomic E-state index is 0.00463. The van der Waals surface area contributed by atoms with E-state index in [1.807, 2.05) is 13.8 Å². The van der Waals surface area contributed by atoms with Crippen LogP contribution in [-0.4, -0.2) is 35.2 Å². The fraction of sp³-hybridized carbons (Fsp3) is 0.467. The van der Waals surface area contributed by atoms with Gasteiger partial charge in [0.05, 0.1) is 10.7 Å². The van der Waals surface area contributed by atoms with E-state index in [2.05, 4.69) is 5.32 Å². The van der Waals surface area contributed by atoms with Gasteiger partial charge in [-0.2, -0.15) is 0 Å². The van der Waals surface area contributed by atoms with E-state index in [4.69, 9.17) is 4.74 Å². The highest BCUT2D eigenvalue weighted by Gasteiger charge is 2.12. The molecule has 1 rings (SSSR count). The number of hydrogen-bond donors (Lipinski definition) is 1. The van der Waals surface area contributed by atoms with Gasteiger partial charge in [0.25, 0.3) is 11.6 Å². The SMILES string of the molecule is CCC(CC)NC(=O)COC(=O)CSc1ccc([N+](=O)[O-])cc1. The first-order chi connectivity index (χ1) is 11.0. The Kier molecular flexibility index (Phi) is 8.10. The highest BCUT2D eigenvalue weighted by Crippen LogP contribution is 2.21. The molecule has 1 amide bonds. The number of carbonyl (C=O) groups is 2. The van der Waals surface area contributed by atoms with Gasteiger partial charge in [-0.05, 0) is 25.0 Å². The maximum atomic E-state index is 11.6. The lowest BCUT2D eigenvalue weighted by atomic mass is 10.2. The predicted molar refractivity (Wildman–Crippen MR) is 87.3 cm³/mol. The van der Waals surface area contributed by atoms with Crippen LogP contribution < -0.4 is 5.32 Å². The minimum Gasteiger partial charge on any atom is -0.455 e. The van der Waals surface area contributed by atoms with Crippen molar-refractivity contribution in [3.63, 3.8) is 0 Å². The number of nitrogens with zero attached hydrogens (tertiary/aromatic N) is 1. The molecule has 1 N–H and O–H groups in total. The summed E-state index contributed by atoms with van der Waals surface area (Å²) < 4.78 is 4.90. The Hall–Kier alpha value is -2.09. The predicted octanol–water partition coefficient (Wildman–Crippen LogP) is 2.53. The summed E-state index contributed by atoms with van der Waals surface area (Å²) in [6.45, 7) is 3.65. The molecule has 0 aliphatic rings. The molecule has 7 nitrogen and oxygen atoms in total. The average Bonchev–Trinajstić information content (AvgIpc) is 2.56. The van der Waals surface area contributed by atoms with Gasteiger partial charge in [-0.3, -0.25) is 19.7 Å². The fourth-order valence-electron chi connectivity index (χ4n) is 1.76. The number of benzene rings is 1. The van der Waals surface area contributed by atoms with Crippen molar-refractivity contribution in [1.82, 2.24) is 5.32 Å². The fourth-order valence-corrected chi connectivity index (χ4v) is 2.45. The Morgan fingerprint density at radius 1 is 1.26 bits per heavy atom. The number of nitrogens with one attached hydrogen (secondary N) is 1. The van der Waals surface area contributed by atoms with Crippen molar-refractivity contribution in [3.05, 3.63) is 34.4 Å². The summed E-state index contributed by atoms with van der Waals surface area (Å²) in [6.07, 6.45) is 1.65.